The van der Waals surface area contributed by atoms with E-state index in [0.717, 1.165) is 33.9 Å². The van der Waals surface area contributed by atoms with Crippen LogP contribution in [0.4, 0.5) is 0 Å². The fourth-order valence-corrected chi connectivity index (χ4v) is 2.53. The highest BCUT2D eigenvalue weighted by Gasteiger charge is 2.12. The van der Waals surface area contributed by atoms with Crippen LogP contribution in [-0.2, 0) is 6.42 Å². The second kappa shape index (κ2) is 4.67. The van der Waals surface area contributed by atoms with Crippen LogP contribution in [0.2, 0.25) is 5.02 Å². The van der Waals surface area contributed by atoms with Gasteiger partial charge >= 0.3 is 0 Å². The molecule has 0 bridgehead atoms. The molecule has 3 aromatic rings. The summed E-state index contributed by atoms with van der Waals surface area (Å²) in [6, 6.07) is 9.99. The van der Waals surface area contributed by atoms with Gasteiger partial charge in [0.1, 0.15) is 12.0 Å². The minimum absolute atomic E-state index is 0.729. The number of hydrogen-bond donors (Lipinski definition) is 0. The van der Waals surface area contributed by atoms with Gasteiger partial charge in [0.15, 0.2) is 0 Å². The Morgan fingerprint density at radius 3 is 2.79 bits per heavy atom. The first-order chi connectivity index (χ1) is 9.20. The van der Waals surface area contributed by atoms with Gasteiger partial charge < -0.3 is 0 Å². The molecule has 0 radical (unpaired) electrons. The molecule has 0 saturated carbocycles. The van der Waals surface area contributed by atoms with Gasteiger partial charge in [-0.15, -0.1) is 0 Å². The molecule has 4 heteroatoms. The Labute approximate surface area is 116 Å². The smallest absolute Gasteiger partial charge is 0.148 e. The Morgan fingerprint density at radius 2 is 2.05 bits per heavy atom. The molecule has 2 aromatic heterocycles. The van der Waals surface area contributed by atoms with Crippen LogP contribution in [0.1, 0.15) is 18.3 Å². The first-order valence-corrected chi connectivity index (χ1v) is 6.66. The molecule has 0 aliphatic carbocycles. The summed E-state index contributed by atoms with van der Waals surface area (Å²) in [5, 5.41) is 1.83. The van der Waals surface area contributed by atoms with Crippen molar-refractivity contribution in [3.05, 3.63) is 53.1 Å². The summed E-state index contributed by atoms with van der Waals surface area (Å²) in [5.41, 5.74) is 4.19. The second-order valence-corrected chi connectivity index (χ2v) is 4.94. The Kier molecular flexibility index (Phi) is 2.99. The number of hydrogen-bond acceptors (Lipinski definition) is 2. The fraction of sp³-hybridized carbons (Fsp3) is 0.200. The lowest BCUT2D eigenvalue weighted by molar-refractivity contribution is 0.945. The maximum absolute atomic E-state index is 6.09. The van der Waals surface area contributed by atoms with Gasteiger partial charge in [-0.2, -0.15) is 0 Å². The first-order valence-electron chi connectivity index (χ1n) is 6.28. The summed E-state index contributed by atoms with van der Waals surface area (Å²) in [6.45, 7) is 4.14. The molecule has 0 aliphatic heterocycles. The lowest BCUT2D eigenvalue weighted by atomic mass is 10.2. The normalized spacial score (nSPS) is 11.1. The molecule has 2 heterocycles. The predicted molar refractivity (Wildman–Crippen MR) is 78.0 cm³/mol. The number of benzene rings is 1. The number of halogens is 1. The number of rotatable bonds is 2. The van der Waals surface area contributed by atoms with Crippen molar-refractivity contribution in [1.82, 2.24) is 14.5 Å². The molecule has 0 N–H and O–H groups in total. The van der Waals surface area contributed by atoms with Gasteiger partial charge in [0.25, 0.3) is 0 Å². The Morgan fingerprint density at radius 1 is 1.21 bits per heavy atom. The van der Waals surface area contributed by atoms with E-state index >= 15 is 0 Å². The van der Waals surface area contributed by atoms with Crippen molar-refractivity contribution >= 4 is 22.6 Å². The highest BCUT2D eigenvalue weighted by Crippen LogP contribution is 2.25. The third-order valence-electron chi connectivity index (χ3n) is 3.30. The molecule has 3 rings (SSSR count). The van der Waals surface area contributed by atoms with Gasteiger partial charge in [0, 0.05) is 21.8 Å². The van der Waals surface area contributed by atoms with Crippen molar-refractivity contribution in [3.8, 4) is 5.69 Å². The highest BCUT2D eigenvalue weighted by molar-refractivity contribution is 6.30. The predicted octanol–water partition coefficient (Wildman–Crippen LogP) is 3.94. The van der Waals surface area contributed by atoms with Gasteiger partial charge in [0.2, 0.25) is 0 Å². The minimum Gasteiger partial charge on any atom is -0.298 e. The quantitative estimate of drug-likeness (QED) is 0.707. The van der Waals surface area contributed by atoms with Gasteiger partial charge in [-0.25, -0.2) is 9.97 Å². The maximum Gasteiger partial charge on any atom is 0.148 e. The lowest BCUT2D eigenvalue weighted by Gasteiger charge is -2.09. The van der Waals surface area contributed by atoms with E-state index < -0.39 is 0 Å². The van der Waals surface area contributed by atoms with E-state index in [1.165, 1.54) is 5.69 Å². The Balaban J connectivity index is 2.36. The summed E-state index contributed by atoms with van der Waals surface area (Å²) in [6.07, 6.45) is 2.54. The molecule has 96 valence electrons. The van der Waals surface area contributed by atoms with E-state index in [4.69, 9.17) is 11.6 Å². The second-order valence-electron chi connectivity index (χ2n) is 4.50. The zero-order chi connectivity index (χ0) is 13.4. The molecule has 0 aliphatic rings. The van der Waals surface area contributed by atoms with Crippen LogP contribution in [0.5, 0.6) is 0 Å². The molecular weight excluding hydrogens is 258 g/mol. The molecule has 19 heavy (non-hydrogen) atoms. The molecular formula is C15H14ClN3. The standard InChI is InChI=1S/C15H14ClN3/c1-3-12-8-14-10(2)17-9-18-15(14)19(12)13-6-4-5-11(16)7-13/h4-9H,3H2,1-2H3. The van der Waals surface area contributed by atoms with Crippen LogP contribution < -0.4 is 0 Å². The zero-order valence-corrected chi connectivity index (χ0v) is 11.6. The van der Waals surface area contributed by atoms with E-state index in [2.05, 4.69) is 27.5 Å². The van der Waals surface area contributed by atoms with E-state index in [9.17, 15) is 0 Å². The van der Waals surface area contributed by atoms with E-state index in [1.807, 2.05) is 31.2 Å². The average Bonchev–Trinajstić information content (AvgIpc) is 2.78. The van der Waals surface area contributed by atoms with Crippen LogP contribution in [0.3, 0.4) is 0 Å². The lowest BCUT2D eigenvalue weighted by Crippen LogP contribution is -2.00. The van der Waals surface area contributed by atoms with Crippen molar-refractivity contribution in [2.45, 2.75) is 20.3 Å². The first kappa shape index (κ1) is 12.2. The van der Waals surface area contributed by atoms with Gasteiger partial charge in [0.05, 0.1) is 5.69 Å². The number of aromatic nitrogens is 3. The van der Waals surface area contributed by atoms with Crippen molar-refractivity contribution < 1.29 is 0 Å². The summed E-state index contributed by atoms with van der Waals surface area (Å²) in [5.74, 6) is 0. The molecule has 0 atom stereocenters. The maximum atomic E-state index is 6.09. The molecule has 0 amide bonds. The van der Waals surface area contributed by atoms with Crippen LogP contribution in [0, 0.1) is 6.92 Å². The SMILES string of the molecule is CCc1cc2c(C)ncnc2n1-c1cccc(Cl)c1. The summed E-state index contributed by atoms with van der Waals surface area (Å²) >= 11 is 6.09. The van der Waals surface area contributed by atoms with Gasteiger partial charge in [-0.1, -0.05) is 24.6 Å². The Hall–Kier alpha value is -1.87. The Bertz CT molecular complexity index is 746. The molecule has 0 saturated heterocycles. The van der Waals surface area contributed by atoms with Crippen molar-refractivity contribution in [1.29, 1.82) is 0 Å². The third kappa shape index (κ3) is 2.00. The van der Waals surface area contributed by atoms with Crippen LogP contribution >= 0.6 is 11.6 Å². The van der Waals surface area contributed by atoms with E-state index in [1.54, 1.807) is 6.33 Å². The molecule has 3 nitrogen and oxygen atoms in total. The van der Waals surface area contributed by atoms with Crippen LogP contribution in [0.15, 0.2) is 36.7 Å². The van der Waals surface area contributed by atoms with Crippen LogP contribution in [-0.4, -0.2) is 14.5 Å². The fourth-order valence-electron chi connectivity index (χ4n) is 2.35. The number of nitrogens with zero attached hydrogens (tertiary/aromatic N) is 3. The molecule has 1 aromatic carbocycles. The minimum atomic E-state index is 0.729. The van der Waals surface area contributed by atoms with E-state index in [0.29, 0.717) is 0 Å². The third-order valence-corrected chi connectivity index (χ3v) is 3.54. The van der Waals surface area contributed by atoms with E-state index in [-0.39, 0.29) is 0 Å². The number of aryl methyl sites for hydroxylation is 2. The topological polar surface area (TPSA) is 30.7 Å². The van der Waals surface area contributed by atoms with Crippen LogP contribution in [0.25, 0.3) is 16.7 Å². The van der Waals surface area contributed by atoms with Gasteiger partial charge in [-0.3, -0.25) is 4.57 Å². The summed E-state index contributed by atoms with van der Waals surface area (Å²) in [4.78, 5) is 8.68. The van der Waals surface area contributed by atoms with Crippen molar-refractivity contribution in [2.24, 2.45) is 0 Å². The van der Waals surface area contributed by atoms with Crippen molar-refractivity contribution in [2.75, 3.05) is 0 Å². The molecule has 0 spiro atoms. The largest absolute Gasteiger partial charge is 0.298 e. The highest BCUT2D eigenvalue weighted by atomic mass is 35.5. The average molecular weight is 272 g/mol. The molecule has 0 fully saturated rings. The number of fused-ring (bicyclic) bond motifs is 1. The molecule has 0 unspecified atom stereocenters. The monoisotopic (exact) mass is 271 g/mol. The van der Waals surface area contributed by atoms with Gasteiger partial charge in [-0.05, 0) is 37.6 Å². The zero-order valence-electron chi connectivity index (χ0n) is 10.9. The summed E-state index contributed by atoms with van der Waals surface area (Å²) < 4.78 is 2.15. The summed E-state index contributed by atoms with van der Waals surface area (Å²) in [7, 11) is 0. The van der Waals surface area contributed by atoms with Crippen molar-refractivity contribution in [3.63, 3.8) is 0 Å².